The Morgan fingerprint density at radius 2 is 1.95 bits per heavy atom. The highest BCUT2D eigenvalue weighted by Gasteiger charge is 2.44. The third-order valence-electron chi connectivity index (χ3n) is 3.72. The Labute approximate surface area is 117 Å². The van der Waals surface area contributed by atoms with Gasteiger partial charge in [0.25, 0.3) is 0 Å². The summed E-state index contributed by atoms with van der Waals surface area (Å²) in [6.07, 6.45) is 1.41. The van der Waals surface area contributed by atoms with Gasteiger partial charge in [0, 0.05) is 24.9 Å². The molecule has 0 radical (unpaired) electrons. The summed E-state index contributed by atoms with van der Waals surface area (Å²) in [5.74, 6) is -0.211. The second kappa shape index (κ2) is 6.13. The van der Waals surface area contributed by atoms with Crippen molar-refractivity contribution >= 4 is 23.6 Å². The van der Waals surface area contributed by atoms with Gasteiger partial charge in [-0.2, -0.15) is 0 Å². The highest BCUT2D eigenvalue weighted by atomic mass is 32.2. The number of carbonyl (C=O) groups is 2. The molecule has 2 aliphatic rings. The Balaban J connectivity index is 2.15. The van der Waals surface area contributed by atoms with E-state index in [0.717, 1.165) is 0 Å². The first-order valence-corrected chi connectivity index (χ1v) is 7.81. The highest BCUT2D eigenvalue weighted by Crippen LogP contribution is 2.36. The van der Waals surface area contributed by atoms with Crippen molar-refractivity contribution in [1.29, 1.82) is 0 Å². The molecule has 2 atom stereocenters. The Morgan fingerprint density at radius 3 is 2.47 bits per heavy atom. The summed E-state index contributed by atoms with van der Waals surface area (Å²) in [4.78, 5) is 25.6. The van der Waals surface area contributed by atoms with E-state index in [2.05, 4.69) is 0 Å². The molecule has 1 N–H and O–H groups in total. The molecule has 2 heterocycles. The fourth-order valence-electron chi connectivity index (χ4n) is 2.67. The lowest BCUT2D eigenvalue weighted by atomic mass is 9.97. The van der Waals surface area contributed by atoms with Crippen molar-refractivity contribution in [3.63, 3.8) is 0 Å². The quantitative estimate of drug-likeness (QED) is 0.850. The topological polar surface area (TPSA) is 66.8 Å². The van der Waals surface area contributed by atoms with Crippen molar-refractivity contribution < 1.29 is 19.4 Å². The van der Waals surface area contributed by atoms with E-state index in [9.17, 15) is 14.7 Å². The molecule has 6 heteroatoms. The molecule has 0 spiro atoms. The van der Waals surface area contributed by atoms with Crippen LogP contribution in [0.3, 0.4) is 0 Å². The van der Waals surface area contributed by atoms with E-state index in [0.29, 0.717) is 31.8 Å². The lowest BCUT2D eigenvalue weighted by molar-refractivity contribution is -0.152. The van der Waals surface area contributed by atoms with Crippen LogP contribution in [0, 0.1) is 11.8 Å². The smallest absolute Gasteiger partial charge is 0.327 e. The molecule has 2 saturated heterocycles. The van der Waals surface area contributed by atoms with Crippen molar-refractivity contribution in [1.82, 2.24) is 4.90 Å². The van der Waals surface area contributed by atoms with Gasteiger partial charge in [0.05, 0.1) is 5.37 Å². The van der Waals surface area contributed by atoms with Crippen LogP contribution in [0.1, 0.15) is 26.7 Å². The normalized spacial score (nSPS) is 28.9. The highest BCUT2D eigenvalue weighted by molar-refractivity contribution is 8.00. The monoisotopic (exact) mass is 287 g/mol. The van der Waals surface area contributed by atoms with Crippen LogP contribution < -0.4 is 0 Å². The molecule has 2 unspecified atom stereocenters. The molecule has 2 rings (SSSR count). The minimum absolute atomic E-state index is 0.000556. The predicted octanol–water partition coefficient (Wildman–Crippen LogP) is 1.42. The van der Waals surface area contributed by atoms with Crippen molar-refractivity contribution in [3.8, 4) is 0 Å². The Hall–Kier alpha value is -0.750. The summed E-state index contributed by atoms with van der Waals surface area (Å²) in [5, 5.41) is 9.28. The number of nitrogens with zero attached hydrogens (tertiary/aromatic N) is 1. The summed E-state index contributed by atoms with van der Waals surface area (Å²) < 4.78 is 5.27. The van der Waals surface area contributed by atoms with Crippen LogP contribution in [0.2, 0.25) is 0 Å². The molecule has 0 aromatic rings. The summed E-state index contributed by atoms with van der Waals surface area (Å²) in [6.45, 7) is 5.27. The van der Waals surface area contributed by atoms with E-state index in [1.54, 1.807) is 16.7 Å². The van der Waals surface area contributed by atoms with Crippen LogP contribution in [0.4, 0.5) is 0 Å². The van der Waals surface area contributed by atoms with Crippen LogP contribution in [-0.4, -0.2) is 52.3 Å². The number of carbonyl (C=O) groups excluding carboxylic acids is 1. The molecule has 0 saturated carbocycles. The summed E-state index contributed by atoms with van der Waals surface area (Å²) in [6, 6.07) is -0.673. The molecule has 19 heavy (non-hydrogen) atoms. The number of carboxylic acids is 1. The number of aliphatic carboxylic acids is 1. The summed E-state index contributed by atoms with van der Waals surface area (Å²) in [7, 11) is 0. The zero-order chi connectivity index (χ0) is 14.0. The Kier molecular flexibility index (Phi) is 4.73. The third-order valence-corrected chi connectivity index (χ3v) is 5.34. The zero-order valence-corrected chi connectivity index (χ0v) is 12.2. The van der Waals surface area contributed by atoms with Gasteiger partial charge in [-0.1, -0.05) is 13.8 Å². The third kappa shape index (κ3) is 3.05. The second-order valence-corrected chi connectivity index (χ2v) is 6.60. The van der Waals surface area contributed by atoms with Crippen LogP contribution in [0.5, 0.6) is 0 Å². The molecule has 2 aliphatic heterocycles. The van der Waals surface area contributed by atoms with Crippen molar-refractivity contribution in [3.05, 3.63) is 0 Å². The van der Waals surface area contributed by atoms with Crippen LogP contribution in [0.15, 0.2) is 0 Å². The van der Waals surface area contributed by atoms with Gasteiger partial charge in [0.15, 0.2) is 0 Å². The lowest BCUT2D eigenvalue weighted by Gasteiger charge is -2.34. The van der Waals surface area contributed by atoms with Crippen LogP contribution in [0.25, 0.3) is 0 Å². The first-order valence-electron chi connectivity index (χ1n) is 6.76. The van der Waals surface area contributed by atoms with E-state index < -0.39 is 12.0 Å². The van der Waals surface area contributed by atoms with Crippen molar-refractivity contribution in [2.75, 3.05) is 19.0 Å². The van der Waals surface area contributed by atoms with Gasteiger partial charge >= 0.3 is 5.97 Å². The van der Waals surface area contributed by atoms with Gasteiger partial charge in [0.1, 0.15) is 6.04 Å². The van der Waals surface area contributed by atoms with Gasteiger partial charge in [0.2, 0.25) is 5.91 Å². The van der Waals surface area contributed by atoms with Crippen molar-refractivity contribution in [2.45, 2.75) is 38.1 Å². The minimum atomic E-state index is -0.893. The van der Waals surface area contributed by atoms with Gasteiger partial charge in [-0.25, -0.2) is 4.79 Å². The fraction of sp³-hybridized carbons (Fsp3) is 0.846. The molecule has 0 bridgehead atoms. The fourth-order valence-corrected chi connectivity index (χ4v) is 4.14. The molecular weight excluding hydrogens is 266 g/mol. The Bertz CT molecular complexity index is 355. The van der Waals surface area contributed by atoms with Gasteiger partial charge in [-0.3, -0.25) is 4.79 Å². The zero-order valence-electron chi connectivity index (χ0n) is 11.4. The number of carboxylic acid groups (broad SMARTS) is 1. The molecule has 5 nitrogen and oxygen atoms in total. The average molecular weight is 287 g/mol. The molecular formula is C13H21NO4S. The van der Waals surface area contributed by atoms with Crippen LogP contribution in [-0.2, 0) is 14.3 Å². The number of rotatable bonds is 3. The van der Waals surface area contributed by atoms with E-state index in [4.69, 9.17) is 4.74 Å². The van der Waals surface area contributed by atoms with Gasteiger partial charge in [-0.05, 0) is 18.8 Å². The predicted molar refractivity (Wildman–Crippen MR) is 72.9 cm³/mol. The minimum Gasteiger partial charge on any atom is -0.480 e. The van der Waals surface area contributed by atoms with Gasteiger partial charge < -0.3 is 14.7 Å². The SMILES string of the molecule is CC(C)C1SCC(C(=O)O)N1C(=O)C1CCOCC1. The second-order valence-electron chi connectivity index (χ2n) is 5.45. The van der Waals surface area contributed by atoms with E-state index >= 15 is 0 Å². The molecule has 0 aliphatic carbocycles. The maximum atomic E-state index is 12.6. The van der Waals surface area contributed by atoms with Crippen molar-refractivity contribution in [2.24, 2.45) is 11.8 Å². The number of thioether (sulfide) groups is 1. The average Bonchev–Trinajstić information content (AvgIpc) is 2.83. The van der Waals surface area contributed by atoms with E-state index in [1.165, 1.54) is 0 Å². The molecule has 1 amide bonds. The number of ether oxygens (including phenoxy) is 1. The standard InChI is InChI=1S/C13H21NO4S/c1-8(2)12-14(10(7-19-12)13(16)17)11(15)9-3-5-18-6-4-9/h8-10,12H,3-7H2,1-2H3,(H,16,17). The molecule has 0 aromatic carbocycles. The largest absolute Gasteiger partial charge is 0.480 e. The first kappa shape index (κ1) is 14.7. The number of amides is 1. The summed E-state index contributed by atoms with van der Waals surface area (Å²) in [5.41, 5.74) is 0. The summed E-state index contributed by atoms with van der Waals surface area (Å²) >= 11 is 1.58. The number of hydrogen-bond donors (Lipinski definition) is 1. The first-order chi connectivity index (χ1) is 9.02. The van der Waals surface area contributed by atoms with Crippen LogP contribution >= 0.6 is 11.8 Å². The molecule has 2 fully saturated rings. The number of hydrogen-bond acceptors (Lipinski definition) is 4. The van der Waals surface area contributed by atoms with E-state index in [1.807, 2.05) is 13.8 Å². The van der Waals surface area contributed by atoms with Gasteiger partial charge in [-0.15, -0.1) is 11.8 Å². The molecule has 108 valence electrons. The lowest BCUT2D eigenvalue weighted by Crippen LogP contribution is -2.50. The maximum absolute atomic E-state index is 12.6. The maximum Gasteiger partial charge on any atom is 0.327 e. The van der Waals surface area contributed by atoms with E-state index in [-0.39, 0.29) is 23.1 Å². The molecule has 0 aromatic heterocycles. The Morgan fingerprint density at radius 1 is 1.32 bits per heavy atom.